The summed E-state index contributed by atoms with van der Waals surface area (Å²) in [6.07, 6.45) is 37.8. The van der Waals surface area contributed by atoms with Gasteiger partial charge in [-0.05, 0) is 44.1 Å². The third-order valence-electron chi connectivity index (χ3n) is 10.6. The van der Waals surface area contributed by atoms with E-state index in [1.54, 1.807) is 24.3 Å². The quantitative estimate of drug-likeness (QED) is 0.0384. The van der Waals surface area contributed by atoms with E-state index in [9.17, 15) is 9.59 Å². The van der Waals surface area contributed by atoms with Crippen molar-refractivity contribution in [2.24, 2.45) is 0 Å². The summed E-state index contributed by atoms with van der Waals surface area (Å²) in [6.45, 7) is 12.9. The summed E-state index contributed by atoms with van der Waals surface area (Å²) in [6, 6.07) is 6.73. The number of carbonyl (C=O) groups excluding carboxylic acids is 2. The summed E-state index contributed by atoms with van der Waals surface area (Å²) in [5.41, 5.74) is 0.772. The Bertz CT molecular complexity index is 883. The minimum Gasteiger partial charge on any atom is -0.446 e. The maximum absolute atomic E-state index is 12.9. The van der Waals surface area contributed by atoms with Gasteiger partial charge in [0, 0.05) is 13.1 Å². The van der Waals surface area contributed by atoms with Crippen LogP contribution in [0.1, 0.15) is 228 Å². The van der Waals surface area contributed by atoms with E-state index in [0.29, 0.717) is 11.1 Å². The maximum atomic E-state index is 12.9. The molecule has 0 saturated heterocycles. The van der Waals surface area contributed by atoms with E-state index in [2.05, 4.69) is 37.5 Å². The number of rotatable bonds is 38. The summed E-state index contributed by atoms with van der Waals surface area (Å²) in [5.74, 6) is -0.802. The normalized spacial score (nSPS) is 11.5. The molecule has 1 rings (SSSR count). The maximum Gasteiger partial charge on any atom is 0.339 e. The molecule has 302 valence electrons. The van der Waals surface area contributed by atoms with Crippen molar-refractivity contribution >= 4 is 11.9 Å². The highest BCUT2D eigenvalue weighted by Crippen LogP contribution is 2.15. The van der Waals surface area contributed by atoms with Gasteiger partial charge in [-0.3, -0.25) is 9.80 Å². The van der Waals surface area contributed by atoms with Gasteiger partial charge in [0.15, 0.2) is 0 Å². The monoisotopic (exact) mass is 729 g/mol. The molecule has 0 amide bonds. The molecule has 0 heterocycles. The lowest BCUT2D eigenvalue weighted by Crippen LogP contribution is -2.29. The molecule has 52 heavy (non-hydrogen) atoms. The van der Waals surface area contributed by atoms with Crippen LogP contribution in [0.5, 0.6) is 0 Å². The number of carbonyl (C=O) groups is 2. The zero-order chi connectivity index (χ0) is 37.7. The Kier molecular flexibility index (Phi) is 33.4. The molecule has 0 bridgehead atoms. The molecule has 0 unspecified atom stereocenters. The van der Waals surface area contributed by atoms with E-state index in [4.69, 9.17) is 9.47 Å². The Balaban J connectivity index is 2.16. The summed E-state index contributed by atoms with van der Waals surface area (Å²) in [5, 5.41) is 0. The fraction of sp³-hybridized carbons (Fsp3) is 0.826. The fourth-order valence-electron chi connectivity index (χ4n) is 6.93. The number of hydrogen-bond acceptors (Lipinski definition) is 6. The number of ether oxygens (including phenoxy) is 2. The number of hydrogen-bond donors (Lipinski definition) is 0. The van der Waals surface area contributed by atoms with Crippen molar-refractivity contribution in [2.75, 3.05) is 39.6 Å². The van der Waals surface area contributed by atoms with Crippen molar-refractivity contribution < 1.29 is 19.1 Å². The Labute approximate surface area is 322 Å². The van der Waals surface area contributed by atoms with Gasteiger partial charge in [0.25, 0.3) is 0 Å². The average molecular weight is 729 g/mol. The average Bonchev–Trinajstić information content (AvgIpc) is 3.17. The van der Waals surface area contributed by atoms with E-state index in [1.165, 1.54) is 167 Å². The molecule has 0 aliphatic rings. The van der Waals surface area contributed by atoms with Crippen LogP contribution in [0, 0.1) is 0 Å². The predicted octanol–water partition coefficient (Wildman–Crippen LogP) is 13.5. The first-order chi connectivity index (χ1) is 25.5. The number of benzene rings is 1. The van der Waals surface area contributed by atoms with Crippen molar-refractivity contribution in [2.45, 2.75) is 207 Å². The molecule has 6 heteroatoms. The Morgan fingerprint density at radius 1 is 0.423 bits per heavy atom. The van der Waals surface area contributed by atoms with Crippen LogP contribution in [-0.4, -0.2) is 61.4 Å². The second-order valence-electron chi connectivity index (χ2n) is 15.3. The van der Waals surface area contributed by atoms with Crippen molar-refractivity contribution in [3.8, 4) is 0 Å². The minimum absolute atomic E-state index is 0.271. The Hall–Kier alpha value is -1.92. The largest absolute Gasteiger partial charge is 0.446 e. The molecule has 1 aromatic carbocycles. The van der Waals surface area contributed by atoms with Crippen LogP contribution in [0.15, 0.2) is 24.3 Å². The van der Waals surface area contributed by atoms with Gasteiger partial charge >= 0.3 is 11.9 Å². The van der Waals surface area contributed by atoms with Gasteiger partial charge in [-0.25, -0.2) is 9.59 Å². The zero-order valence-corrected chi connectivity index (χ0v) is 34.9. The first-order valence-corrected chi connectivity index (χ1v) is 22.4. The standard InChI is InChI=1S/C46H84N2O4/c1-5-9-11-13-15-17-19-21-23-25-27-29-31-33-38-47(7-3)41-51-45(49)43-36-35-37-44(40-43)46(50)52-42-48(8-4)39-34-32-30-28-26-24-22-20-18-16-14-12-10-6-2/h35-37,40H,5-34,38-39,41-42H2,1-4H3. The van der Waals surface area contributed by atoms with Gasteiger partial charge in [-0.2, -0.15) is 0 Å². The van der Waals surface area contributed by atoms with Crippen LogP contribution in [0.25, 0.3) is 0 Å². The fourth-order valence-corrected chi connectivity index (χ4v) is 6.93. The van der Waals surface area contributed by atoms with Gasteiger partial charge < -0.3 is 9.47 Å². The van der Waals surface area contributed by atoms with Gasteiger partial charge in [0.05, 0.1) is 11.1 Å². The first-order valence-electron chi connectivity index (χ1n) is 22.4. The van der Waals surface area contributed by atoms with Crippen molar-refractivity contribution in [1.82, 2.24) is 9.80 Å². The lowest BCUT2D eigenvalue weighted by Gasteiger charge is -2.20. The summed E-state index contributed by atoms with van der Waals surface area (Å²) < 4.78 is 11.3. The highest BCUT2D eigenvalue weighted by molar-refractivity contribution is 5.95. The third-order valence-corrected chi connectivity index (χ3v) is 10.6. The van der Waals surface area contributed by atoms with E-state index >= 15 is 0 Å². The van der Waals surface area contributed by atoms with E-state index < -0.39 is 11.9 Å². The lowest BCUT2D eigenvalue weighted by molar-refractivity contribution is 0.0222. The summed E-state index contributed by atoms with van der Waals surface area (Å²) in [7, 11) is 0. The van der Waals surface area contributed by atoms with E-state index in [0.717, 1.165) is 39.0 Å². The van der Waals surface area contributed by atoms with Crippen molar-refractivity contribution in [3.05, 3.63) is 35.4 Å². The molecule has 0 fully saturated rings. The van der Waals surface area contributed by atoms with Crippen LogP contribution in [0.3, 0.4) is 0 Å². The number of nitrogens with zero attached hydrogens (tertiary/aromatic N) is 2. The van der Waals surface area contributed by atoms with Crippen molar-refractivity contribution in [3.63, 3.8) is 0 Å². The van der Waals surface area contributed by atoms with Gasteiger partial charge in [0.1, 0.15) is 13.5 Å². The molecule has 0 aliphatic heterocycles. The minimum atomic E-state index is -0.401. The van der Waals surface area contributed by atoms with Crippen molar-refractivity contribution in [1.29, 1.82) is 0 Å². The molecule has 0 atom stereocenters. The smallest absolute Gasteiger partial charge is 0.339 e. The van der Waals surface area contributed by atoms with Crippen LogP contribution < -0.4 is 0 Å². The van der Waals surface area contributed by atoms with Crippen LogP contribution in [0.2, 0.25) is 0 Å². The second kappa shape index (κ2) is 36.1. The van der Waals surface area contributed by atoms with Gasteiger partial charge in [-0.1, -0.05) is 201 Å². The first kappa shape index (κ1) is 48.1. The molecule has 0 spiro atoms. The molecule has 0 aromatic heterocycles. The second-order valence-corrected chi connectivity index (χ2v) is 15.3. The van der Waals surface area contributed by atoms with Crippen LogP contribution in [0.4, 0.5) is 0 Å². The molecular weight excluding hydrogens is 645 g/mol. The van der Waals surface area contributed by atoms with Crippen LogP contribution >= 0.6 is 0 Å². The molecule has 0 N–H and O–H groups in total. The molecule has 6 nitrogen and oxygen atoms in total. The van der Waals surface area contributed by atoms with Crippen LogP contribution in [-0.2, 0) is 9.47 Å². The van der Waals surface area contributed by atoms with E-state index in [-0.39, 0.29) is 13.5 Å². The third kappa shape index (κ3) is 27.7. The molecular formula is C46H84N2O4. The molecule has 0 radical (unpaired) electrons. The lowest BCUT2D eigenvalue weighted by atomic mass is 10.0. The predicted molar refractivity (Wildman–Crippen MR) is 222 cm³/mol. The summed E-state index contributed by atoms with van der Waals surface area (Å²) >= 11 is 0. The number of esters is 2. The van der Waals surface area contributed by atoms with Gasteiger partial charge in [0.2, 0.25) is 0 Å². The SMILES string of the molecule is CCCCCCCCCCCCCCCCN(CC)COC(=O)c1cccc(C(=O)OCN(CC)CCCCCCCCCCCCCCCC)c1. The topological polar surface area (TPSA) is 59.1 Å². The summed E-state index contributed by atoms with van der Waals surface area (Å²) in [4.78, 5) is 30.1. The zero-order valence-electron chi connectivity index (χ0n) is 34.9. The van der Waals surface area contributed by atoms with E-state index in [1.807, 2.05) is 0 Å². The highest BCUT2D eigenvalue weighted by Gasteiger charge is 2.15. The molecule has 1 aromatic rings. The highest BCUT2D eigenvalue weighted by atomic mass is 16.5. The molecule has 0 saturated carbocycles. The number of unbranched alkanes of at least 4 members (excludes halogenated alkanes) is 26. The van der Waals surface area contributed by atoms with Gasteiger partial charge in [-0.15, -0.1) is 0 Å². The Morgan fingerprint density at radius 3 is 0.962 bits per heavy atom. The Morgan fingerprint density at radius 2 is 0.692 bits per heavy atom. The molecule has 0 aliphatic carbocycles.